The smallest absolute Gasteiger partial charge is 0.201 e. The van der Waals surface area contributed by atoms with Gasteiger partial charge in [-0.25, -0.2) is 0 Å². The Bertz CT molecular complexity index is 812. The fourth-order valence-electron chi connectivity index (χ4n) is 2.42. The maximum Gasteiger partial charge on any atom is 0.201 e. The van der Waals surface area contributed by atoms with Crippen molar-refractivity contribution in [2.75, 3.05) is 7.11 Å². The van der Waals surface area contributed by atoms with E-state index in [1.807, 2.05) is 0 Å². The summed E-state index contributed by atoms with van der Waals surface area (Å²) in [6, 6.07) is 2.61. The summed E-state index contributed by atoms with van der Waals surface area (Å²) in [5, 5.41) is 9.95. The quantitative estimate of drug-likeness (QED) is 0.724. The van der Waals surface area contributed by atoms with Crippen LogP contribution in [-0.2, 0) is 0 Å². The van der Waals surface area contributed by atoms with Crippen LogP contribution >= 0.6 is 0 Å². The Labute approximate surface area is 118 Å². The monoisotopic (exact) mass is 286 g/mol. The number of Topliss-reactive ketones (excluding diaryl/α,β-unsaturated/α-hetero) is 1. The van der Waals surface area contributed by atoms with Crippen molar-refractivity contribution in [1.82, 2.24) is 0 Å². The molecule has 0 radical (unpaired) electrons. The molecular weight excluding hydrogens is 276 g/mol. The van der Waals surface area contributed by atoms with E-state index in [4.69, 9.17) is 9.15 Å². The summed E-state index contributed by atoms with van der Waals surface area (Å²) < 4.78 is 10.0. The average molecular weight is 286 g/mol. The third-order valence-corrected chi connectivity index (χ3v) is 3.38. The summed E-state index contributed by atoms with van der Waals surface area (Å²) in [6.07, 6.45) is 1.07. The molecule has 6 nitrogen and oxygen atoms in total. The van der Waals surface area contributed by atoms with E-state index in [1.54, 1.807) is 0 Å². The Morgan fingerprint density at radius 2 is 1.81 bits per heavy atom. The zero-order chi connectivity index (χ0) is 15.3. The van der Waals surface area contributed by atoms with E-state index < -0.39 is 17.3 Å². The molecule has 0 atom stereocenters. The first-order chi connectivity index (χ1) is 9.95. The average Bonchev–Trinajstić information content (AvgIpc) is 2.89. The number of hydrogen-bond donors (Lipinski definition) is 1. The molecule has 106 valence electrons. The van der Waals surface area contributed by atoms with E-state index in [0.717, 1.165) is 6.26 Å². The Kier molecular flexibility index (Phi) is 2.69. The third-order valence-electron chi connectivity index (χ3n) is 3.38. The second-order valence-corrected chi connectivity index (χ2v) is 4.64. The lowest BCUT2D eigenvalue weighted by Crippen LogP contribution is -2.21. The van der Waals surface area contributed by atoms with Crippen molar-refractivity contribution in [3.05, 3.63) is 46.4 Å². The molecule has 1 aliphatic rings. The number of aromatic hydroxyl groups is 1. The van der Waals surface area contributed by atoms with Crippen molar-refractivity contribution < 1.29 is 28.6 Å². The highest BCUT2D eigenvalue weighted by molar-refractivity contribution is 6.31. The summed E-state index contributed by atoms with van der Waals surface area (Å²) in [5.41, 5.74) is -0.191. The first kappa shape index (κ1) is 13.1. The van der Waals surface area contributed by atoms with E-state index >= 15 is 0 Å². The summed E-state index contributed by atoms with van der Waals surface area (Å²) >= 11 is 0. The van der Waals surface area contributed by atoms with Gasteiger partial charge in [0.15, 0.2) is 17.3 Å². The molecule has 1 heterocycles. The number of phenolic OH excluding ortho intramolecular Hbond substituents is 1. The summed E-state index contributed by atoms with van der Waals surface area (Å²) in [7, 11) is 1.38. The fourth-order valence-corrected chi connectivity index (χ4v) is 2.42. The van der Waals surface area contributed by atoms with Crippen molar-refractivity contribution in [3.63, 3.8) is 0 Å². The van der Waals surface area contributed by atoms with Crippen LogP contribution in [0.4, 0.5) is 0 Å². The molecular formula is C15H10O6. The van der Waals surface area contributed by atoms with Gasteiger partial charge in [0.2, 0.25) is 5.78 Å². The molecule has 6 heteroatoms. The van der Waals surface area contributed by atoms with Crippen molar-refractivity contribution in [2.45, 2.75) is 6.92 Å². The van der Waals surface area contributed by atoms with Gasteiger partial charge in [0.05, 0.1) is 23.8 Å². The van der Waals surface area contributed by atoms with Crippen LogP contribution in [0.25, 0.3) is 0 Å². The highest BCUT2D eigenvalue weighted by Gasteiger charge is 2.37. The Morgan fingerprint density at radius 1 is 1.14 bits per heavy atom. The molecule has 1 aromatic carbocycles. The van der Waals surface area contributed by atoms with Gasteiger partial charge in [-0.15, -0.1) is 0 Å². The first-order valence-electron chi connectivity index (χ1n) is 6.08. The molecule has 0 amide bonds. The highest BCUT2D eigenvalue weighted by atomic mass is 16.5. The van der Waals surface area contributed by atoms with Gasteiger partial charge < -0.3 is 14.3 Å². The number of hydrogen-bond acceptors (Lipinski definition) is 6. The van der Waals surface area contributed by atoms with Gasteiger partial charge >= 0.3 is 0 Å². The van der Waals surface area contributed by atoms with E-state index in [1.165, 1.54) is 26.2 Å². The number of ether oxygens (including phenoxy) is 1. The number of phenols is 1. The molecule has 0 saturated carbocycles. The minimum Gasteiger partial charge on any atom is -0.507 e. The van der Waals surface area contributed by atoms with E-state index in [9.17, 15) is 19.5 Å². The van der Waals surface area contributed by atoms with Crippen LogP contribution in [0.1, 0.15) is 49.3 Å². The van der Waals surface area contributed by atoms with Gasteiger partial charge in [0.1, 0.15) is 17.8 Å². The Morgan fingerprint density at radius 3 is 2.43 bits per heavy atom. The van der Waals surface area contributed by atoms with Crippen LogP contribution in [0.15, 0.2) is 22.8 Å². The number of carbonyl (C=O) groups is 3. The lowest BCUT2D eigenvalue weighted by atomic mass is 9.84. The molecule has 0 spiro atoms. The zero-order valence-corrected chi connectivity index (χ0v) is 11.2. The maximum absolute atomic E-state index is 12.5. The van der Waals surface area contributed by atoms with Crippen LogP contribution in [0.3, 0.4) is 0 Å². The van der Waals surface area contributed by atoms with Gasteiger partial charge in [-0.2, -0.15) is 0 Å². The number of carbonyl (C=O) groups excluding carboxylic acids is 3. The van der Waals surface area contributed by atoms with Crippen molar-refractivity contribution in [3.8, 4) is 11.5 Å². The number of furan rings is 1. The second kappa shape index (κ2) is 4.31. The van der Waals surface area contributed by atoms with Crippen molar-refractivity contribution in [2.24, 2.45) is 0 Å². The minimum atomic E-state index is -0.559. The molecule has 3 rings (SSSR count). The summed E-state index contributed by atoms with van der Waals surface area (Å²) in [6.45, 7) is 1.25. The number of benzene rings is 1. The third kappa shape index (κ3) is 1.69. The van der Waals surface area contributed by atoms with Gasteiger partial charge in [-0.3, -0.25) is 14.4 Å². The molecule has 1 aromatic heterocycles. The van der Waals surface area contributed by atoms with Crippen molar-refractivity contribution >= 4 is 17.3 Å². The molecule has 0 fully saturated rings. The summed E-state index contributed by atoms with van der Waals surface area (Å²) in [4.78, 5) is 36.4. The van der Waals surface area contributed by atoms with Gasteiger partial charge in [0, 0.05) is 18.6 Å². The Hall–Kier alpha value is -2.89. The largest absolute Gasteiger partial charge is 0.507 e. The van der Waals surface area contributed by atoms with E-state index in [0.29, 0.717) is 0 Å². The molecule has 2 aromatic rings. The molecule has 0 bridgehead atoms. The van der Waals surface area contributed by atoms with Crippen LogP contribution in [0.2, 0.25) is 0 Å². The van der Waals surface area contributed by atoms with Gasteiger partial charge in [-0.1, -0.05) is 0 Å². The van der Waals surface area contributed by atoms with Crippen LogP contribution in [0.5, 0.6) is 11.5 Å². The Balaban J connectivity index is 2.32. The highest BCUT2D eigenvalue weighted by Crippen LogP contribution is 2.37. The lowest BCUT2D eigenvalue weighted by Gasteiger charge is -2.16. The molecule has 21 heavy (non-hydrogen) atoms. The predicted octanol–water partition coefficient (Wildman–Crippen LogP) is 1.97. The fraction of sp³-hybridized carbons (Fsp3) is 0.133. The SMILES string of the molecule is COc1cc(O)c2c(c1)C(=O)c1c(coc1C(C)=O)C2=O. The van der Waals surface area contributed by atoms with Crippen LogP contribution in [-0.4, -0.2) is 29.6 Å². The normalized spacial score (nSPS) is 12.9. The molecule has 0 saturated heterocycles. The van der Waals surface area contributed by atoms with Crippen molar-refractivity contribution in [1.29, 1.82) is 0 Å². The topological polar surface area (TPSA) is 93.8 Å². The second-order valence-electron chi connectivity index (χ2n) is 4.64. The number of ketones is 3. The van der Waals surface area contributed by atoms with Crippen LogP contribution < -0.4 is 4.74 Å². The maximum atomic E-state index is 12.5. The van der Waals surface area contributed by atoms with E-state index in [-0.39, 0.29) is 39.5 Å². The minimum absolute atomic E-state index is 0.00625. The van der Waals surface area contributed by atoms with Gasteiger partial charge in [-0.05, 0) is 6.07 Å². The number of methoxy groups -OCH3 is 1. The standard InChI is InChI=1S/C15H10O6/c1-6(16)15-12-9(5-21-15)14(19)11-8(13(12)18)3-7(20-2)4-10(11)17/h3-5,17H,1-2H3. The lowest BCUT2D eigenvalue weighted by molar-refractivity contribution is 0.0959. The summed E-state index contributed by atoms with van der Waals surface area (Å²) in [5.74, 6) is -1.82. The van der Waals surface area contributed by atoms with E-state index in [2.05, 4.69) is 0 Å². The number of rotatable bonds is 2. The number of fused-ring (bicyclic) bond motifs is 2. The first-order valence-corrected chi connectivity index (χ1v) is 6.08. The molecule has 1 aliphatic carbocycles. The molecule has 1 N–H and O–H groups in total. The molecule has 0 unspecified atom stereocenters. The molecule has 0 aliphatic heterocycles. The predicted molar refractivity (Wildman–Crippen MR) is 70.2 cm³/mol. The van der Waals surface area contributed by atoms with Gasteiger partial charge in [0.25, 0.3) is 0 Å². The zero-order valence-electron chi connectivity index (χ0n) is 11.2. The van der Waals surface area contributed by atoms with Crippen LogP contribution in [0, 0.1) is 0 Å².